The highest BCUT2D eigenvalue weighted by Crippen LogP contribution is 2.31. The molecule has 29 heavy (non-hydrogen) atoms. The first-order valence-corrected chi connectivity index (χ1v) is 10.1. The zero-order chi connectivity index (χ0) is 20.2. The zero-order valence-corrected chi connectivity index (χ0v) is 16.5. The normalized spacial score (nSPS) is 16.8. The molecule has 4 rings (SSSR count). The first-order valence-electron chi connectivity index (χ1n) is 10.1. The number of hydrogen-bond acceptors (Lipinski definition) is 4. The Morgan fingerprint density at radius 1 is 1.21 bits per heavy atom. The van der Waals surface area contributed by atoms with Crippen LogP contribution in [0.5, 0.6) is 0 Å². The minimum atomic E-state index is -0.280. The van der Waals surface area contributed by atoms with Gasteiger partial charge in [-0.2, -0.15) is 5.10 Å². The van der Waals surface area contributed by atoms with Crippen LogP contribution in [0, 0.1) is 5.82 Å². The monoisotopic (exact) mass is 393 g/mol. The first-order chi connectivity index (χ1) is 14.2. The number of piperidine rings is 1. The van der Waals surface area contributed by atoms with Crippen molar-refractivity contribution in [2.75, 3.05) is 13.1 Å². The molecule has 7 heteroatoms. The van der Waals surface area contributed by atoms with Crippen LogP contribution >= 0.6 is 0 Å². The standard InChI is InChI=1S/C22H24FN5O/c1-2-5-21(29)27-13-3-6-17(15-27)20-14-19(16-7-9-18(23)10-8-16)26-28(20)22-24-11-4-12-25-22/h4,7-12,14,17H,2-3,5-6,13,15H2,1H3. The quantitative estimate of drug-likeness (QED) is 0.658. The predicted molar refractivity (Wildman–Crippen MR) is 108 cm³/mol. The van der Waals surface area contributed by atoms with Crippen molar-refractivity contribution in [2.24, 2.45) is 0 Å². The molecule has 150 valence electrons. The second kappa shape index (κ2) is 8.51. The van der Waals surface area contributed by atoms with Crippen molar-refractivity contribution in [1.82, 2.24) is 24.6 Å². The molecule has 0 saturated carbocycles. The average molecular weight is 393 g/mol. The maximum atomic E-state index is 13.3. The van der Waals surface area contributed by atoms with Gasteiger partial charge in [0.25, 0.3) is 5.95 Å². The molecule has 1 amide bonds. The number of halogens is 1. The number of likely N-dealkylation sites (tertiary alicyclic amines) is 1. The van der Waals surface area contributed by atoms with E-state index in [4.69, 9.17) is 5.10 Å². The summed E-state index contributed by atoms with van der Waals surface area (Å²) in [7, 11) is 0. The van der Waals surface area contributed by atoms with Crippen LogP contribution in [-0.2, 0) is 4.79 Å². The average Bonchev–Trinajstić information content (AvgIpc) is 3.21. The fourth-order valence-electron chi connectivity index (χ4n) is 3.83. The largest absolute Gasteiger partial charge is 0.342 e. The molecular weight excluding hydrogens is 369 g/mol. The Hall–Kier alpha value is -3.09. The maximum Gasteiger partial charge on any atom is 0.250 e. The van der Waals surface area contributed by atoms with Crippen molar-refractivity contribution in [3.05, 3.63) is 60.3 Å². The van der Waals surface area contributed by atoms with Crippen LogP contribution in [0.25, 0.3) is 17.2 Å². The maximum absolute atomic E-state index is 13.3. The minimum absolute atomic E-state index is 0.148. The van der Waals surface area contributed by atoms with Gasteiger partial charge in [0.05, 0.1) is 11.4 Å². The highest BCUT2D eigenvalue weighted by molar-refractivity contribution is 5.76. The van der Waals surface area contributed by atoms with Gasteiger partial charge in [0.15, 0.2) is 0 Å². The van der Waals surface area contributed by atoms with Gasteiger partial charge < -0.3 is 4.90 Å². The number of carbonyl (C=O) groups is 1. The molecule has 1 fully saturated rings. The van der Waals surface area contributed by atoms with E-state index in [1.54, 1.807) is 35.3 Å². The molecule has 0 radical (unpaired) electrons. The van der Waals surface area contributed by atoms with E-state index in [1.165, 1.54) is 12.1 Å². The van der Waals surface area contributed by atoms with E-state index in [0.717, 1.165) is 42.8 Å². The smallest absolute Gasteiger partial charge is 0.250 e. The summed E-state index contributed by atoms with van der Waals surface area (Å²) >= 11 is 0. The van der Waals surface area contributed by atoms with Crippen LogP contribution in [-0.4, -0.2) is 43.6 Å². The molecule has 1 aromatic carbocycles. The molecule has 3 aromatic rings. The number of nitrogens with zero attached hydrogens (tertiary/aromatic N) is 5. The number of benzene rings is 1. The van der Waals surface area contributed by atoms with Gasteiger partial charge in [0.2, 0.25) is 5.91 Å². The van der Waals surface area contributed by atoms with Crippen molar-refractivity contribution in [3.63, 3.8) is 0 Å². The molecule has 0 aliphatic carbocycles. The van der Waals surface area contributed by atoms with E-state index in [0.29, 0.717) is 18.9 Å². The predicted octanol–water partition coefficient (Wildman–Crippen LogP) is 3.97. The molecule has 0 bridgehead atoms. The van der Waals surface area contributed by atoms with Crippen molar-refractivity contribution in [1.29, 1.82) is 0 Å². The second-order valence-corrected chi connectivity index (χ2v) is 7.35. The number of amides is 1. The summed E-state index contributed by atoms with van der Waals surface area (Å²) in [5.41, 5.74) is 2.55. The molecule has 1 unspecified atom stereocenters. The summed E-state index contributed by atoms with van der Waals surface area (Å²) in [4.78, 5) is 23.1. The van der Waals surface area contributed by atoms with Crippen molar-refractivity contribution in [3.8, 4) is 17.2 Å². The van der Waals surface area contributed by atoms with E-state index in [-0.39, 0.29) is 17.6 Å². The Kier molecular flexibility index (Phi) is 5.64. The van der Waals surface area contributed by atoms with Crippen molar-refractivity contribution in [2.45, 2.75) is 38.5 Å². The fourth-order valence-corrected chi connectivity index (χ4v) is 3.83. The highest BCUT2D eigenvalue weighted by Gasteiger charge is 2.28. The van der Waals surface area contributed by atoms with Crippen LogP contribution in [0.1, 0.15) is 44.2 Å². The lowest BCUT2D eigenvalue weighted by atomic mass is 9.93. The number of rotatable bonds is 5. The van der Waals surface area contributed by atoms with Gasteiger partial charge in [-0.3, -0.25) is 4.79 Å². The second-order valence-electron chi connectivity index (χ2n) is 7.35. The van der Waals surface area contributed by atoms with Gasteiger partial charge in [-0.05, 0) is 55.7 Å². The summed E-state index contributed by atoms with van der Waals surface area (Å²) in [5.74, 6) is 0.568. The van der Waals surface area contributed by atoms with E-state index in [2.05, 4.69) is 9.97 Å². The molecule has 0 N–H and O–H groups in total. The third-order valence-electron chi connectivity index (χ3n) is 5.27. The molecule has 1 saturated heterocycles. The Morgan fingerprint density at radius 3 is 2.69 bits per heavy atom. The third kappa shape index (κ3) is 4.18. The number of carbonyl (C=O) groups excluding carboxylic acids is 1. The Morgan fingerprint density at radius 2 is 1.97 bits per heavy atom. The number of aromatic nitrogens is 4. The van der Waals surface area contributed by atoms with Gasteiger partial charge in [-0.25, -0.2) is 19.0 Å². The molecule has 1 aliphatic rings. The third-order valence-corrected chi connectivity index (χ3v) is 5.27. The summed E-state index contributed by atoms with van der Waals surface area (Å²) in [5, 5.41) is 4.73. The summed E-state index contributed by atoms with van der Waals surface area (Å²) in [6.45, 7) is 3.49. The molecule has 1 aliphatic heterocycles. The lowest BCUT2D eigenvalue weighted by molar-refractivity contribution is -0.132. The molecular formula is C22H24FN5O. The number of hydrogen-bond donors (Lipinski definition) is 0. The van der Waals surface area contributed by atoms with Gasteiger partial charge in [0.1, 0.15) is 5.82 Å². The van der Waals surface area contributed by atoms with E-state index in [9.17, 15) is 9.18 Å². The van der Waals surface area contributed by atoms with Gasteiger partial charge in [-0.15, -0.1) is 0 Å². The fraction of sp³-hybridized carbons (Fsp3) is 0.364. The Balaban J connectivity index is 1.71. The SMILES string of the molecule is CCCC(=O)N1CCCC(c2cc(-c3ccc(F)cc3)nn2-c2ncccn2)C1. The molecule has 1 atom stereocenters. The van der Waals surface area contributed by atoms with E-state index in [1.807, 2.05) is 17.9 Å². The van der Waals surface area contributed by atoms with Crippen LogP contribution < -0.4 is 0 Å². The minimum Gasteiger partial charge on any atom is -0.342 e. The van der Waals surface area contributed by atoms with Crippen LogP contribution in [0.15, 0.2) is 48.8 Å². The highest BCUT2D eigenvalue weighted by atomic mass is 19.1. The lowest BCUT2D eigenvalue weighted by Gasteiger charge is -2.33. The molecule has 6 nitrogen and oxygen atoms in total. The Bertz CT molecular complexity index is 971. The van der Waals surface area contributed by atoms with Crippen molar-refractivity contribution < 1.29 is 9.18 Å². The van der Waals surface area contributed by atoms with Gasteiger partial charge in [-0.1, -0.05) is 6.92 Å². The van der Waals surface area contributed by atoms with Crippen molar-refractivity contribution >= 4 is 5.91 Å². The topological polar surface area (TPSA) is 63.9 Å². The van der Waals surface area contributed by atoms with Crippen LogP contribution in [0.2, 0.25) is 0 Å². The molecule has 0 spiro atoms. The zero-order valence-electron chi connectivity index (χ0n) is 16.5. The lowest BCUT2D eigenvalue weighted by Crippen LogP contribution is -2.39. The summed E-state index contributed by atoms with van der Waals surface area (Å²) in [6, 6.07) is 10.1. The Labute approximate surface area is 169 Å². The van der Waals surface area contributed by atoms with E-state index >= 15 is 0 Å². The van der Waals surface area contributed by atoms with Crippen LogP contribution in [0.3, 0.4) is 0 Å². The van der Waals surface area contributed by atoms with E-state index < -0.39 is 0 Å². The summed E-state index contributed by atoms with van der Waals surface area (Å²) < 4.78 is 15.1. The van der Waals surface area contributed by atoms with Gasteiger partial charge in [0, 0.05) is 43.4 Å². The molecule has 3 heterocycles. The van der Waals surface area contributed by atoms with Gasteiger partial charge >= 0.3 is 0 Å². The molecule has 2 aromatic heterocycles. The summed E-state index contributed by atoms with van der Waals surface area (Å²) in [6.07, 6.45) is 6.72. The van der Waals surface area contributed by atoms with Crippen LogP contribution in [0.4, 0.5) is 4.39 Å². The first kappa shape index (κ1) is 19.2.